The van der Waals surface area contributed by atoms with Gasteiger partial charge < -0.3 is 20.5 Å². The van der Waals surface area contributed by atoms with Gasteiger partial charge in [0, 0.05) is 6.54 Å². The van der Waals surface area contributed by atoms with Crippen LogP contribution >= 0.6 is 0 Å². The maximum Gasteiger partial charge on any atom is 0.358 e. The highest BCUT2D eigenvalue weighted by Gasteiger charge is 2.07. The Morgan fingerprint density at radius 2 is 2.05 bits per heavy atom. The van der Waals surface area contributed by atoms with Crippen LogP contribution in [0.2, 0.25) is 0 Å². The molecule has 1 heterocycles. The number of nitrogens with zero attached hydrogens (tertiary/aromatic N) is 2. The van der Waals surface area contributed by atoms with E-state index in [0.717, 1.165) is 5.56 Å². The van der Waals surface area contributed by atoms with Crippen LogP contribution in [0.4, 0.5) is 11.5 Å². The number of rotatable bonds is 5. The van der Waals surface area contributed by atoms with Gasteiger partial charge in [-0.2, -0.15) is 0 Å². The van der Waals surface area contributed by atoms with E-state index in [9.17, 15) is 4.79 Å². The second kappa shape index (κ2) is 6.56. The topological polar surface area (TPSA) is 99.4 Å². The summed E-state index contributed by atoms with van der Waals surface area (Å²) in [6.45, 7) is 0.528. The fourth-order valence-corrected chi connectivity index (χ4v) is 1.73. The Balaban J connectivity index is 1.99. The molecule has 1 aromatic heterocycles. The number of carbonyl (C=O) groups excluding carboxylic acids is 1. The Kier molecular flexibility index (Phi) is 4.55. The second-order valence-electron chi connectivity index (χ2n) is 4.23. The van der Waals surface area contributed by atoms with Crippen LogP contribution in [0.25, 0.3) is 0 Å². The van der Waals surface area contributed by atoms with Gasteiger partial charge in [-0.25, -0.2) is 4.79 Å². The molecule has 0 radical (unpaired) electrons. The van der Waals surface area contributed by atoms with Crippen molar-refractivity contribution in [1.29, 1.82) is 0 Å². The largest absolute Gasteiger partial charge is 0.495 e. The number of esters is 1. The molecular weight excluding hydrogens is 272 g/mol. The molecule has 0 amide bonds. The van der Waals surface area contributed by atoms with Crippen molar-refractivity contribution in [2.24, 2.45) is 0 Å². The summed E-state index contributed by atoms with van der Waals surface area (Å²) in [5, 5.41) is 10.8. The van der Waals surface area contributed by atoms with Gasteiger partial charge in [-0.3, -0.25) is 0 Å². The second-order valence-corrected chi connectivity index (χ2v) is 4.23. The number of benzene rings is 1. The molecule has 0 unspecified atom stereocenters. The molecule has 0 fully saturated rings. The molecule has 0 aliphatic rings. The lowest BCUT2D eigenvalue weighted by Gasteiger charge is -2.08. The van der Waals surface area contributed by atoms with Gasteiger partial charge in [0.1, 0.15) is 11.6 Å². The van der Waals surface area contributed by atoms with E-state index in [1.165, 1.54) is 7.11 Å². The zero-order chi connectivity index (χ0) is 15.2. The van der Waals surface area contributed by atoms with E-state index >= 15 is 0 Å². The predicted octanol–water partition coefficient (Wildman–Crippen LogP) is 1.47. The molecule has 0 atom stereocenters. The van der Waals surface area contributed by atoms with Crippen molar-refractivity contribution in [3.63, 3.8) is 0 Å². The van der Waals surface area contributed by atoms with Gasteiger partial charge in [-0.15, -0.1) is 10.2 Å². The van der Waals surface area contributed by atoms with Crippen LogP contribution in [0.3, 0.4) is 0 Å². The number of nitrogens with two attached hydrogens (primary N) is 1. The van der Waals surface area contributed by atoms with Gasteiger partial charge >= 0.3 is 5.97 Å². The molecule has 0 saturated carbocycles. The lowest BCUT2D eigenvalue weighted by atomic mass is 10.2. The summed E-state index contributed by atoms with van der Waals surface area (Å²) in [7, 11) is 2.87. The minimum atomic E-state index is -0.517. The molecular formula is C14H16N4O3. The number of anilines is 2. The van der Waals surface area contributed by atoms with E-state index in [-0.39, 0.29) is 5.69 Å². The molecule has 21 heavy (non-hydrogen) atoms. The van der Waals surface area contributed by atoms with Gasteiger partial charge in [0.05, 0.1) is 19.9 Å². The molecule has 0 aliphatic carbocycles. The summed E-state index contributed by atoms with van der Waals surface area (Å²) >= 11 is 0. The van der Waals surface area contributed by atoms with E-state index in [0.29, 0.717) is 23.8 Å². The SMILES string of the molecule is COC(=O)c1ccc(NCc2ccc(OC)c(N)c2)nn1. The summed E-state index contributed by atoms with van der Waals surface area (Å²) in [5.74, 6) is 0.676. The van der Waals surface area contributed by atoms with Crippen LogP contribution in [-0.4, -0.2) is 30.4 Å². The normalized spacial score (nSPS) is 10.0. The quantitative estimate of drug-likeness (QED) is 0.634. The fourth-order valence-electron chi connectivity index (χ4n) is 1.73. The lowest BCUT2D eigenvalue weighted by Crippen LogP contribution is -2.08. The third kappa shape index (κ3) is 3.59. The van der Waals surface area contributed by atoms with Crippen LogP contribution in [0.15, 0.2) is 30.3 Å². The smallest absolute Gasteiger partial charge is 0.358 e. The first-order valence-corrected chi connectivity index (χ1v) is 6.22. The lowest BCUT2D eigenvalue weighted by molar-refractivity contribution is 0.0593. The average Bonchev–Trinajstić information content (AvgIpc) is 2.52. The van der Waals surface area contributed by atoms with Crippen molar-refractivity contribution in [1.82, 2.24) is 10.2 Å². The van der Waals surface area contributed by atoms with Crippen molar-refractivity contribution in [2.75, 3.05) is 25.3 Å². The Labute approximate surface area is 122 Å². The maximum absolute atomic E-state index is 11.2. The van der Waals surface area contributed by atoms with Gasteiger partial charge in [-0.1, -0.05) is 6.07 Å². The van der Waals surface area contributed by atoms with Crippen LogP contribution < -0.4 is 15.8 Å². The Morgan fingerprint density at radius 1 is 1.24 bits per heavy atom. The highest BCUT2D eigenvalue weighted by Crippen LogP contribution is 2.22. The van der Waals surface area contributed by atoms with Crippen molar-refractivity contribution in [2.45, 2.75) is 6.54 Å². The number of carbonyl (C=O) groups is 1. The molecule has 110 valence electrons. The number of methoxy groups -OCH3 is 2. The van der Waals surface area contributed by atoms with Crippen LogP contribution in [-0.2, 0) is 11.3 Å². The maximum atomic E-state index is 11.2. The Morgan fingerprint density at radius 3 is 2.62 bits per heavy atom. The minimum Gasteiger partial charge on any atom is -0.495 e. The molecule has 0 bridgehead atoms. The molecule has 2 rings (SSSR count). The standard InChI is InChI=1S/C14H16N4O3/c1-20-12-5-3-9(7-10(12)15)8-16-13-6-4-11(17-18-13)14(19)21-2/h3-7H,8,15H2,1-2H3,(H,16,18). The zero-order valence-electron chi connectivity index (χ0n) is 11.8. The van der Waals surface area contributed by atoms with Crippen molar-refractivity contribution in [3.05, 3.63) is 41.6 Å². The molecule has 1 aromatic carbocycles. The summed E-state index contributed by atoms with van der Waals surface area (Å²) in [6, 6.07) is 8.73. The Hall–Kier alpha value is -2.83. The number of aromatic nitrogens is 2. The molecule has 0 spiro atoms. The molecule has 0 aliphatic heterocycles. The monoisotopic (exact) mass is 288 g/mol. The van der Waals surface area contributed by atoms with E-state index in [4.69, 9.17) is 10.5 Å². The molecule has 2 aromatic rings. The zero-order valence-corrected chi connectivity index (χ0v) is 11.8. The first-order valence-electron chi connectivity index (χ1n) is 6.22. The summed E-state index contributed by atoms with van der Waals surface area (Å²) in [6.07, 6.45) is 0. The van der Waals surface area contributed by atoms with Crippen molar-refractivity contribution in [3.8, 4) is 5.75 Å². The van der Waals surface area contributed by atoms with E-state index in [1.807, 2.05) is 12.1 Å². The summed E-state index contributed by atoms with van der Waals surface area (Å²) < 4.78 is 9.65. The average molecular weight is 288 g/mol. The highest BCUT2D eigenvalue weighted by molar-refractivity contribution is 5.86. The number of ether oxygens (including phenoxy) is 2. The van der Waals surface area contributed by atoms with Gasteiger partial charge in [0.15, 0.2) is 5.69 Å². The Bertz CT molecular complexity index is 629. The number of nitrogens with one attached hydrogen (secondary N) is 1. The number of hydrogen-bond donors (Lipinski definition) is 2. The summed E-state index contributed by atoms with van der Waals surface area (Å²) in [5.41, 5.74) is 7.55. The molecule has 0 saturated heterocycles. The minimum absolute atomic E-state index is 0.164. The van der Waals surface area contributed by atoms with Gasteiger partial charge in [-0.05, 0) is 29.8 Å². The first-order chi connectivity index (χ1) is 10.1. The molecule has 7 nitrogen and oxygen atoms in total. The van der Waals surface area contributed by atoms with Crippen LogP contribution in [0.5, 0.6) is 5.75 Å². The highest BCUT2D eigenvalue weighted by atomic mass is 16.5. The van der Waals surface area contributed by atoms with Crippen LogP contribution in [0.1, 0.15) is 16.1 Å². The first kappa shape index (κ1) is 14.6. The fraction of sp³-hybridized carbons (Fsp3) is 0.214. The third-order valence-corrected chi connectivity index (χ3v) is 2.83. The van der Waals surface area contributed by atoms with Crippen LogP contribution in [0, 0.1) is 0 Å². The van der Waals surface area contributed by atoms with E-state index < -0.39 is 5.97 Å². The van der Waals surface area contributed by atoms with Gasteiger partial charge in [0.25, 0.3) is 0 Å². The van der Waals surface area contributed by atoms with Gasteiger partial charge in [0.2, 0.25) is 0 Å². The number of nitrogen functional groups attached to an aromatic ring is 1. The predicted molar refractivity (Wildman–Crippen MR) is 78.1 cm³/mol. The van der Waals surface area contributed by atoms with E-state index in [1.54, 1.807) is 25.3 Å². The summed E-state index contributed by atoms with van der Waals surface area (Å²) in [4.78, 5) is 11.2. The van der Waals surface area contributed by atoms with Crippen molar-refractivity contribution >= 4 is 17.5 Å². The third-order valence-electron chi connectivity index (χ3n) is 2.83. The molecule has 7 heteroatoms. The van der Waals surface area contributed by atoms with Crippen molar-refractivity contribution < 1.29 is 14.3 Å². The van der Waals surface area contributed by atoms with E-state index in [2.05, 4.69) is 20.3 Å². The number of hydrogen-bond acceptors (Lipinski definition) is 7. The molecule has 3 N–H and O–H groups in total.